The normalized spacial score (nSPS) is 11.5. The number of hydrogen-bond donors (Lipinski definition) is 3. The molecule has 0 fully saturated rings. The van der Waals surface area contributed by atoms with Gasteiger partial charge >= 0.3 is 0 Å². The van der Waals surface area contributed by atoms with Gasteiger partial charge in [0.15, 0.2) is 0 Å². The van der Waals surface area contributed by atoms with Crippen LogP contribution in [0.1, 0.15) is 18.1 Å². The van der Waals surface area contributed by atoms with Crippen LogP contribution in [0.2, 0.25) is 0 Å². The lowest BCUT2D eigenvalue weighted by atomic mass is 10.1. The predicted octanol–water partition coefficient (Wildman–Crippen LogP) is 0.527. The van der Waals surface area contributed by atoms with Crippen LogP contribution in [-0.2, 0) is 13.1 Å². The molecule has 0 saturated carbocycles. The van der Waals surface area contributed by atoms with Crippen LogP contribution in [0.3, 0.4) is 0 Å². The van der Waals surface area contributed by atoms with Gasteiger partial charge in [-0.3, -0.25) is 4.99 Å². The highest BCUT2D eigenvalue weighted by molar-refractivity contribution is 5.78. The Balaban J connectivity index is 2.67. The van der Waals surface area contributed by atoms with E-state index in [1.54, 1.807) is 0 Å². The Morgan fingerprint density at radius 2 is 2.14 bits per heavy atom. The zero-order valence-corrected chi connectivity index (χ0v) is 8.33. The van der Waals surface area contributed by atoms with E-state index < -0.39 is 0 Å². The lowest BCUT2D eigenvalue weighted by Crippen LogP contribution is -2.27. The van der Waals surface area contributed by atoms with Gasteiger partial charge in [0.05, 0.1) is 6.54 Å². The third kappa shape index (κ3) is 3.16. The molecule has 76 valence electrons. The molecule has 0 atom stereocenters. The van der Waals surface area contributed by atoms with Crippen molar-refractivity contribution >= 4 is 5.84 Å². The molecule has 1 aromatic carbocycles. The summed E-state index contributed by atoms with van der Waals surface area (Å²) in [6.07, 6.45) is 0. The Morgan fingerprint density at radius 1 is 1.43 bits per heavy atom. The molecular formula is C10H16N4. The molecule has 14 heavy (non-hydrogen) atoms. The maximum atomic E-state index is 5.53. The highest BCUT2D eigenvalue weighted by Crippen LogP contribution is 2.05. The van der Waals surface area contributed by atoms with E-state index in [4.69, 9.17) is 11.6 Å². The largest absolute Gasteiger partial charge is 0.326 e. The topological polar surface area (TPSA) is 76.4 Å². The van der Waals surface area contributed by atoms with Crippen LogP contribution in [0, 0.1) is 0 Å². The van der Waals surface area contributed by atoms with Crippen molar-refractivity contribution in [2.75, 3.05) is 0 Å². The third-order valence-electron chi connectivity index (χ3n) is 1.93. The van der Waals surface area contributed by atoms with Crippen LogP contribution in [0.15, 0.2) is 29.3 Å². The molecule has 0 aliphatic heterocycles. The number of amidine groups is 1. The van der Waals surface area contributed by atoms with Crippen molar-refractivity contribution in [3.63, 3.8) is 0 Å². The fourth-order valence-corrected chi connectivity index (χ4v) is 1.11. The van der Waals surface area contributed by atoms with Crippen LogP contribution >= 0.6 is 0 Å². The van der Waals surface area contributed by atoms with Crippen LogP contribution in [0.5, 0.6) is 0 Å². The van der Waals surface area contributed by atoms with Gasteiger partial charge in [-0.2, -0.15) is 0 Å². The minimum Gasteiger partial charge on any atom is -0.326 e. The molecular weight excluding hydrogens is 176 g/mol. The summed E-state index contributed by atoms with van der Waals surface area (Å²) in [5, 5.41) is 0. The summed E-state index contributed by atoms with van der Waals surface area (Å²) in [5.41, 5.74) is 10.3. The van der Waals surface area contributed by atoms with Crippen molar-refractivity contribution in [2.24, 2.45) is 16.6 Å². The summed E-state index contributed by atoms with van der Waals surface area (Å²) in [6.45, 7) is 3.02. The fraction of sp³-hybridized carbons (Fsp3) is 0.300. The minimum atomic E-state index is 0.561. The summed E-state index contributed by atoms with van der Waals surface area (Å²) in [6, 6.07) is 8.05. The molecule has 1 aromatic rings. The smallest absolute Gasteiger partial charge is 0.108 e. The van der Waals surface area contributed by atoms with Crippen molar-refractivity contribution in [1.29, 1.82) is 0 Å². The van der Waals surface area contributed by atoms with Gasteiger partial charge in [-0.25, -0.2) is 5.84 Å². The highest BCUT2D eigenvalue weighted by atomic mass is 15.2. The monoisotopic (exact) mass is 192 g/mol. The number of rotatable bonds is 3. The molecule has 0 unspecified atom stereocenters. The van der Waals surface area contributed by atoms with Gasteiger partial charge in [-0.15, -0.1) is 0 Å². The first-order chi connectivity index (χ1) is 6.76. The average molecular weight is 192 g/mol. The SMILES string of the molecule is CC(=NCc1cccc(CN)c1)NN. The van der Waals surface area contributed by atoms with E-state index in [9.17, 15) is 0 Å². The van der Waals surface area contributed by atoms with Crippen molar-refractivity contribution in [1.82, 2.24) is 5.43 Å². The lowest BCUT2D eigenvalue weighted by molar-refractivity contribution is 0.961. The first kappa shape index (κ1) is 10.7. The molecule has 0 saturated heterocycles. The molecule has 0 bridgehead atoms. The number of nitrogens with one attached hydrogen (secondary N) is 1. The number of hydrazine groups is 1. The maximum absolute atomic E-state index is 5.53. The molecule has 0 aromatic heterocycles. The molecule has 0 spiro atoms. The van der Waals surface area contributed by atoms with E-state index >= 15 is 0 Å². The summed E-state index contributed by atoms with van der Waals surface area (Å²) >= 11 is 0. The molecule has 0 heterocycles. The molecule has 5 N–H and O–H groups in total. The molecule has 0 aliphatic rings. The van der Waals surface area contributed by atoms with Gasteiger partial charge in [0, 0.05) is 6.54 Å². The van der Waals surface area contributed by atoms with Crippen LogP contribution in [0.25, 0.3) is 0 Å². The average Bonchev–Trinajstić information content (AvgIpc) is 2.26. The first-order valence-electron chi connectivity index (χ1n) is 4.52. The Hall–Kier alpha value is -1.39. The Bertz CT molecular complexity index is 320. The number of aliphatic imine (C=N–C) groups is 1. The van der Waals surface area contributed by atoms with Crippen LogP contribution in [-0.4, -0.2) is 5.84 Å². The number of hydrogen-bond acceptors (Lipinski definition) is 3. The van der Waals surface area contributed by atoms with E-state index in [1.807, 2.05) is 31.2 Å². The molecule has 0 amide bonds. The minimum absolute atomic E-state index is 0.561. The second-order valence-electron chi connectivity index (χ2n) is 3.07. The second kappa shape index (κ2) is 5.36. The fourth-order valence-electron chi connectivity index (χ4n) is 1.11. The van der Waals surface area contributed by atoms with Crippen LogP contribution in [0.4, 0.5) is 0 Å². The summed E-state index contributed by atoms with van der Waals surface area (Å²) in [5.74, 6) is 5.92. The first-order valence-corrected chi connectivity index (χ1v) is 4.52. The standard InChI is InChI=1S/C10H16N4/c1-8(14-12)13-7-10-4-2-3-9(5-10)6-11/h2-5H,6-7,11-12H2,1H3,(H,13,14). The zero-order valence-electron chi connectivity index (χ0n) is 8.33. The molecule has 0 aliphatic carbocycles. The van der Waals surface area contributed by atoms with Crippen molar-refractivity contribution in [3.05, 3.63) is 35.4 Å². The Kier molecular flexibility index (Phi) is 4.10. The van der Waals surface area contributed by atoms with E-state index in [2.05, 4.69) is 10.4 Å². The van der Waals surface area contributed by atoms with E-state index in [-0.39, 0.29) is 0 Å². The summed E-state index contributed by atoms with van der Waals surface area (Å²) < 4.78 is 0. The van der Waals surface area contributed by atoms with E-state index in [0.717, 1.165) is 17.0 Å². The summed E-state index contributed by atoms with van der Waals surface area (Å²) in [4.78, 5) is 4.23. The third-order valence-corrected chi connectivity index (χ3v) is 1.93. The van der Waals surface area contributed by atoms with Crippen molar-refractivity contribution in [2.45, 2.75) is 20.0 Å². The van der Waals surface area contributed by atoms with Gasteiger partial charge in [0.2, 0.25) is 0 Å². The number of benzene rings is 1. The predicted molar refractivity (Wildman–Crippen MR) is 58.5 cm³/mol. The second-order valence-corrected chi connectivity index (χ2v) is 3.07. The highest BCUT2D eigenvalue weighted by Gasteiger charge is 1.93. The van der Waals surface area contributed by atoms with E-state index in [0.29, 0.717) is 13.1 Å². The quantitative estimate of drug-likeness (QED) is 0.283. The van der Waals surface area contributed by atoms with Gasteiger partial charge < -0.3 is 11.2 Å². The zero-order chi connectivity index (χ0) is 10.4. The van der Waals surface area contributed by atoms with Gasteiger partial charge in [-0.1, -0.05) is 24.3 Å². The molecule has 4 nitrogen and oxygen atoms in total. The van der Waals surface area contributed by atoms with Crippen molar-refractivity contribution in [3.8, 4) is 0 Å². The van der Waals surface area contributed by atoms with E-state index in [1.165, 1.54) is 0 Å². The molecule has 0 radical (unpaired) electrons. The molecule has 4 heteroatoms. The number of nitrogens with two attached hydrogens (primary N) is 2. The lowest BCUT2D eigenvalue weighted by Gasteiger charge is -2.02. The van der Waals surface area contributed by atoms with Crippen LogP contribution < -0.4 is 17.0 Å². The van der Waals surface area contributed by atoms with Gasteiger partial charge in [0.1, 0.15) is 5.84 Å². The van der Waals surface area contributed by atoms with Gasteiger partial charge in [-0.05, 0) is 18.1 Å². The van der Waals surface area contributed by atoms with Gasteiger partial charge in [0.25, 0.3) is 0 Å². The number of nitrogens with zero attached hydrogens (tertiary/aromatic N) is 1. The Labute approximate surface area is 84.0 Å². The van der Waals surface area contributed by atoms with Crippen molar-refractivity contribution < 1.29 is 0 Å². The Morgan fingerprint density at radius 3 is 2.79 bits per heavy atom. The molecule has 1 rings (SSSR count). The maximum Gasteiger partial charge on any atom is 0.108 e. The summed E-state index contributed by atoms with van der Waals surface area (Å²) in [7, 11) is 0.